The topological polar surface area (TPSA) is 58.2 Å². The summed E-state index contributed by atoms with van der Waals surface area (Å²) in [6, 6.07) is 13.3. The summed E-state index contributed by atoms with van der Waals surface area (Å²) < 4.78 is 0. The molecule has 6 heteroatoms. The van der Waals surface area contributed by atoms with E-state index in [1.807, 2.05) is 54.1 Å². The Hall–Kier alpha value is -2.44. The van der Waals surface area contributed by atoms with E-state index in [1.165, 1.54) is 0 Å². The highest BCUT2D eigenvalue weighted by molar-refractivity contribution is 7.10. The van der Waals surface area contributed by atoms with Crippen LogP contribution >= 0.6 is 22.7 Å². The fourth-order valence-electron chi connectivity index (χ4n) is 2.38. The van der Waals surface area contributed by atoms with Crippen molar-refractivity contribution in [3.63, 3.8) is 0 Å². The summed E-state index contributed by atoms with van der Waals surface area (Å²) in [6.07, 6.45) is 0.706. The van der Waals surface area contributed by atoms with E-state index in [0.29, 0.717) is 18.5 Å². The van der Waals surface area contributed by atoms with E-state index in [9.17, 15) is 9.59 Å². The van der Waals surface area contributed by atoms with E-state index in [2.05, 4.69) is 10.6 Å². The second-order valence-corrected chi connectivity index (χ2v) is 7.70. The number of nitrogens with one attached hydrogen (secondary N) is 2. The Morgan fingerprint density at radius 1 is 0.880 bits per heavy atom. The van der Waals surface area contributed by atoms with Gasteiger partial charge < -0.3 is 10.6 Å². The predicted molar refractivity (Wildman–Crippen MR) is 104 cm³/mol. The monoisotopic (exact) mass is 370 g/mol. The number of benzene rings is 1. The Balaban J connectivity index is 1.63. The van der Waals surface area contributed by atoms with Crippen LogP contribution in [0.15, 0.2) is 53.2 Å². The number of carbonyl (C=O) groups is 2. The maximum Gasteiger partial charge on any atom is 0.229 e. The normalized spacial score (nSPS) is 10.4. The molecule has 0 atom stereocenters. The molecule has 3 rings (SSSR count). The zero-order valence-electron chi connectivity index (χ0n) is 13.7. The van der Waals surface area contributed by atoms with E-state index < -0.39 is 0 Å². The van der Waals surface area contributed by atoms with Crippen LogP contribution in [0.1, 0.15) is 15.3 Å². The van der Waals surface area contributed by atoms with Crippen LogP contribution in [-0.2, 0) is 22.4 Å². The highest BCUT2D eigenvalue weighted by atomic mass is 32.1. The van der Waals surface area contributed by atoms with Gasteiger partial charge in [0.25, 0.3) is 0 Å². The van der Waals surface area contributed by atoms with Crippen LogP contribution in [0.3, 0.4) is 0 Å². The summed E-state index contributed by atoms with van der Waals surface area (Å²) in [4.78, 5) is 26.4. The van der Waals surface area contributed by atoms with Crippen LogP contribution < -0.4 is 10.6 Å². The van der Waals surface area contributed by atoms with Crippen LogP contribution in [0.2, 0.25) is 0 Å². The van der Waals surface area contributed by atoms with E-state index in [4.69, 9.17) is 0 Å². The van der Waals surface area contributed by atoms with E-state index in [-0.39, 0.29) is 11.8 Å². The molecule has 0 fully saturated rings. The Kier molecular flexibility index (Phi) is 5.63. The summed E-state index contributed by atoms with van der Waals surface area (Å²) in [6.45, 7) is 1.93. The molecule has 0 aliphatic carbocycles. The third kappa shape index (κ3) is 5.01. The van der Waals surface area contributed by atoms with Gasteiger partial charge in [0.05, 0.1) is 12.8 Å². The number of aryl methyl sites for hydroxylation is 1. The number of hydrogen-bond acceptors (Lipinski definition) is 4. The van der Waals surface area contributed by atoms with Gasteiger partial charge in [0, 0.05) is 21.1 Å². The SMILES string of the molecule is Cc1ccc(NC(=O)Cc2cccs2)cc1NC(=O)Cc1cccs1. The molecule has 2 amide bonds. The molecule has 0 radical (unpaired) electrons. The van der Waals surface area contributed by atoms with Crippen molar-refractivity contribution in [1.82, 2.24) is 0 Å². The first-order valence-corrected chi connectivity index (χ1v) is 9.61. The molecule has 4 nitrogen and oxygen atoms in total. The first-order chi connectivity index (χ1) is 12.1. The summed E-state index contributed by atoms with van der Waals surface area (Å²) in [5.74, 6) is -0.130. The van der Waals surface area contributed by atoms with Crippen LogP contribution in [0.4, 0.5) is 11.4 Å². The van der Waals surface area contributed by atoms with E-state index in [1.54, 1.807) is 28.7 Å². The molecule has 0 unspecified atom stereocenters. The number of hydrogen-bond donors (Lipinski definition) is 2. The second kappa shape index (κ2) is 8.09. The molecule has 0 bridgehead atoms. The smallest absolute Gasteiger partial charge is 0.229 e. The molecular formula is C19H18N2O2S2. The average molecular weight is 370 g/mol. The molecule has 0 spiro atoms. The Bertz CT molecular complexity index is 856. The highest BCUT2D eigenvalue weighted by Gasteiger charge is 2.10. The third-order valence-corrected chi connectivity index (χ3v) is 5.38. The lowest BCUT2D eigenvalue weighted by Gasteiger charge is -2.11. The molecule has 0 saturated carbocycles. The van der Waals surface area contributed by atoms with Gasteiger partial charge in [-0.2, -0.15) is 0 Å². The summed E-state index contributed by atoms with van der Waals surface area (Å²) in [5.41, 5.74) is 2.35. The number of amides is 2. The Morgan fingerprint density at radius 3 is 2.04 bits per heavy atom. The molecule has 2 aromatic heterocycles. The Labute approximate surface area is 154 Å². The zero-order valence-corrected chi connectivity index (χ0v) is 15.4. The number of rotatable bonds is 6. The van der Waals surface area contributed by atoms with Gasteiger partial charge in [-0.05, 0) is 47.5 Å². The molecule has 1 aromatic carbocycles. The van der Waals surface area contributed by atoms with Gasteiger partial charge in [0.1, 0.15) is 0 Å². The van der Waals surface area contributed by atoms with Crippen molar-refractivity contribution in [1.29, 1.82) is 0 Å². The van der Waals surface area contributed by atoms with Gasteiger partial charge in [-0.1, -0.05) is 18.2 Å². The lowest BCUT2D eigenvalue weighted by atomic mass is 10.1. The minimum absolute atomic E-state index is 0.0624. The maximum atomic E-state index is 12.2. The summed E-state index contributed by atoms with van der Waals surface area (Å²) in [5, 5.41) is 9.72. The van der Waals surface area contributed by atoms with Crippen molar-refractivity contribution in [2.75, 3.05) is 10.6 Å². The zero-order chi connectivity index (χ0) is 17.6. The van der Waals surface area contributed by atoms with E-state index >= 15 is 0 Å². The first-order valence-electron chi connectivity index (χ1n) is 7.85. The summed E-state index contributed by atoms with van der Waals surface area (Å²) in [7, 11) is 0. The quantitative estimate of drug-likeness (QED) is 0.672. The summed E-state index contributed by atoms with van der Waals surface area (Å²) >= 11 is 3.12. The van der Waals surface area contributed by atoms with Gasteiger partial charge >= 0.3 is 0 Å². The van der Waals surface area contributed by atoms with Crippen LogP contribution in [0, 0.1) is 6.92 Å². The van der Waals surface area contributed by atoms with Crippen LogP contribution in [0.5, 0.6) is 0 Å². The minimum Gasteiger partial charge on any atom is -0.326 e. The number of carbonyl (C=O) groups excluding carboxylic acids is 2. The van der Waals surface area contributed by atoms with Crippen LogP contribution in [0.25, 0.3) is 0 Å². The molecule has 3 aromatic rings. The first kappa shape index (κ1) is 17.4. The average Bonchev–Trinajstić information content (AvgIpc) is 3.24. The van der Waals surface area contributed by atoms with Crippen molar-refractivity contribution in [3.8, 4) is 0 Å². The highest BCUT2D eigenvalue weighted by Crippen LogP contribution is 2.21. The maximum absolute atomic E-state index is 12.2. The lowest BCUT2D eigenvalue weighted by Crippen LogP contribution is -2.16. The van der Waals surface area contributed by atoms with Gasteiger partial charge in [0.2, 0.25) is 11.8 Å². The number of thiophene rings is 2. The van der Waals surface area contributed by atoms with Crippen molar-refractivity contribution in [2.45, 2.75) is 19.8 Å². The fraction of sp³-hybridized carbons (Fsp3) is 0.158. The molecule has 0 aliphatic heterocycles. The predicted octanol–water partition coefficient (Wildman–Crippen LogP) is 4.48. The standard InChI is InChI=1S/C19H18N2O2S2/c1-13-6-7-14(20-18(22)11-15-4-2-8-24-15)10-17(13)21-19(23)12-16-5-3-9-25-16/h2-10H,11-12H2,1H3,(H,20,22)(H,21,23). The van der Waals surface area contributed by atoms with Gasteiger partial charge in [-0.15, -0.1) is 22.7 Å². The lowest BCUT2D eigenvalue weighted by molar-refractivity contribution is -0.116. The molecular weight excluding hydrogens is 352 g/mol. The van der Waals surface area contributed by atoms with Crippen molar-refractivity contribution < 1.29 is 9.59 Å². The molecule has 128 valence electrons. The van der Waals surface area contributed by atoms with E-state index in [0.717, 1.165) is 21.0 Å². The molecule has 2 N–H and O–H groups in total. The molecule has 0 saturated heterocycles. The minimum atomic E-state index is -0.0674. The number of anilines is 2. The largest absolute Gasteiger partial charge is 0.326 e. The fourth-order valence-corrected chi connectivity index (χ4v) is 3.78. The second-order valence-electron chi connectivity index (χ2n) is 5.64. The van der Waals surface area contributed by atoms with Crippen LogP contribution in [-0.4, -0.2) is 11.8 Å². The molecule has 0 aliphatic rings. The third-order valence-electron chi connectivity index (χ3n) is 3.63. The van der Waals surface area contributed by atoms with Gasteiger partial charge in [0.15, 0.2) is 0 Å². The van der Waals surface area contributed by atoms with Crippen molar-refractivity contribution in [3.05, 3.63) is 68.5 Å². The molecule has 25 heavy (non-hydrogen) atoms. The van der Waals surface area contributed by atoms with Crippen molar-refractivity contribution in [2.24, 2.45) is 0 Å². The molecule has 2 heterocycles. The van der Waals surface area contributed by atoms with Gasteiger partial charge in [-0.3, -0.25) is 9.59 Å². The van der Waals surface area contributed by atoms with Crippen molar-refractivity contribution >= 4 is 45.9 Å². The van der Waals surface area contributed by atoms with Gasteiger partial charge in [-0.25, -0.2) is 0 Å². The Morgan fingerprint density at radius 2 is 1.48 bits per heavy atom.